The molecule has 0 aliphatic rings. The molecular formula is C16H14FN5O3. The fourth-order valence-electron chi connectivity index (χ4n) is 2.15. The maximum Gasteiger partial charge on any atom is 0.340 e. The fourth-order valence-corrected chi connectivity index (χ4v) is 2.15. The van der Waals surface area contributed by atoms with Crippen molar-refractivity contribution in [3.63, 3.8) is 0 Å². The average Bonchev–Trinajstić information content (AvgIpc) is 3.17. The summed E-state index contributed by atoms with van der Waals surface area (Å²) >= 11 is 0. The van der Waals surface area contributed by atoms with E-state index in [-0.39, 0.29) is 17.0 Å². The largest absolute Gasteiger partial charge is 0.494 e. The number of benzene rings is 1. The lowest BCUT2D eigenvalue weighted by Crippen LogP contribution is -2.08. The number of aromatic nitrogens is 4. The highest BCUT2D eigenvalue weighted by Gasteiger charge is 2.17. The Hall–Kier alpha value is -3.49. The Morgan fingerprint density at radius 3 is 2.68 bits per heavy atom. The summed E-state index contributed by atoms with van der Waals surface area (Å²) in [6.07, 6.45) is 4.95. The van der Waals surface area contributed by atoms with Gasteiger partial charge in [-0.15, -0.1) is 10.2 Å². The molecule has 0 unspecified atom stereocenters. The Kier molecular flexibility index (Phi) is 4.55. The molecule has 0 fully saturated rings. The van der Waals surface area contributed by atoms with Gasteiger partial charge in [-0.25, -0.2) is 14.2 Å². The van der Waals surface area contributed by atoms with Gasteiger partial charge in [-0.05, 0) is 18.2 Å². The molecule has 128 valence electrons. The van der Waals surface area contributed by atoms with Crippen LogP contribution in [0, 0.1) is 5.82 Å². The summed E-state index contributed by atoms with van der Waals surface area (Å²) < 4.78 is 25.2. The monoisotopic (exact) mass is 343 g/mol. The van der Waals surface area contributed by atoms with Gasteiger partial charge in [0.15, 0.2) is 23.2 Å². The lowest BCUT2D eigenvalue weighted by Gasteiger charge is -2.12. The van der Waals surface area contributed by atoms with Crippen LogP contribution in [0.5, 0.6) is 5.75 Å². The molecule has 0 saturated heterocycles. The fraction of sp³-hybridized carbons (Fsp3) is 0.125. The van der Waals surface area contributed by atoms with Gasteiger partial charge in [0, 0.05) is 18.5 Å². The van der Waals surface area contributed by atoms with Gasteiger partial charge in [-0.3, -0.25) is 4.57 Å². The highest BCUT2D eigenvalue weighted by molar-refractivity contribution is 5.96. The second-order valence-corrected chi connectivity index (χ2v) is 4.90. The standard InChI is InChI=1S/C16H14FN5O3/c1-24-13-8-12(10(7-11(13)17)16(23)25-2)19-14-3-4-15(21-20-14)22-6-5-18-9-22/h3-9H,1-2H3,(H,19,20). The number of nitrogens with zero attached hydrogens (tertiary/aromatic N) is 4. The molecule has 0 saturated carbocycles. The molecule has 0 aliphatic heterocycles. The third-order valence-corrected chi connectivity index (χ3v) is 3.38. The van der Waals surface area contributed by atoms with Crippen LogP contribution < -0.4 is 10.1 Å². The Balaban J connectivity index is 1.92. The van der Waals surface area contributed by atoms with Crippen LogP contribution in [0.15, 0.2) is 43.0 Å². The molecule has 1 N–H and O–H groups in total. The summed E-state index contributed by atoms with van der Waals surface area (Å²) in [4.78, 5) is 15.8. The van der Waals surface area contributed by atoms with Crippen molar-refractivity contribution in [1.29, 1.82) is 0 Å². The van der Waals surface area contributed by atoms with Gasteiger partial charge < -0.3 is 14.8 Å². The second-order valence-electron chi connectivity index (χ2n) is 4.90. The zero-order valence-electron chi connectivity index (χ0n) is 13.4. The van der Waals surface area contributed by atoms with Crippen molar-refractivity contribution in [2.45, 2.75) is 0 Å². The molecule has 2 heterocycles. The first-order valence-corrected chi connectivity index (χ1v) is 7.17. The Morgan fingerprint density at radius 1 is 1.24 bits per heavy atom. The lowest BCUT2D eigenvalue weighted by atomic mass is 10.1. The van der Waals surface area contributed by atoms with E-state index in [0.29, 0.717) is 11.6 Å². The number of esters is 1. The molecule has 25 heavy (non-hydrogen) atoms. The molecule has 0 amide bonds. The van der Waals surface area contributed by atoms with E-state index in [4.69, 9.17) is 4.74 Å². The Labute approximate surface area is 142 Å². The predicted octanol–water partition coefficient (Wildman–Crippen LogP) is 2.34. The maximum absolute atomic E-state index is 13.9. The van der Waals surface area contributed by atoms with Crippen molar-refractivity contribution in [2.75, 3.05) is 19.5 Å². The molecule has 8 nitrogen and oxygen atoms in total. The summed E-state index contributed by atoms with van der Waals surface area (Å²) in [6.45, 7) is 0. The first-order valence-electron chi connectivity index (χ1n) is 7.17. The summed E-state index contributed by atoms with van der Waals surface area (Å²) in [5.41, 5.74) is 0.302. The zero-order valence-corrected chi connectivity index (χ0v) is 13.4. The van der Waals surface area contributed by atoms with Gasteiger partial charge in [0.25, 0.3) is 0 Å². The SMILES string of the molecule is COC(=O)c1cc(F)c(OC)cc1Nc1ccc(-n2ccnc2)nn1. The van der Waals surface area contributed by atoms with Crippen LogP contribution in [-0.2, 0) is 4.74 Å². The minimum atomic E-state index is -0.688. The molecule has 9 heteroatoms. The van der Waals surface area contributed by atoms with Crippen LogP contribution in [0.3, 0.4) is 0 Å². The van der Waals surface area contributed by atoms with E-state index >= 15 is 0 Å². The van der Waals surface area contributed by atoms with Gasteiger partial charge in [0.1, 0.15) is 6.33 Å². The number of hydrogen-bond donors (Lipinski definition) is 1. The number of carbonyl (C=O) groups is 1. The molecule has 0 spiro atoms. The molecule has 0 aliphatic carbocycles. The van der Waals surface area contributed by atoms with Crippen LogP contribution in [0.2, 0.25) is 0 Å². The van der Waals surface area contributed by atoms with E-state index in [1.165, 1.54) is 20.3 Å². The quantitative estimate of drug-likeness (QED) is 0.711. The molecular weight excluding hydrogens is 329 g/mol. The molecule has 0 radical (unpaired) electrons. The van der Waals surface area contributed by atoms with Crippen LogP contribution in [-0.4, -0.2) is 39.9 Å². The number of rotatable bonds is 5. The van der Waals surface area contributed by atoms with Gasteiger partial charge in [-0.2, -0.15) is 0 Å². The highest BCUT2D eigenvalue weighted by Crippen LogP contribution is 2.28. The maximum atomic E-state index is 13.9. The number of imidazole rings is 1. The average molecular weight is 343 g/mol. The highest BCUT2D eigenvalue weighted by atomic mass is 19.1. The Bertz CT molecular complexity index is 882. The van der Waals surface area contributed by atoms with E-state index in [0.717, 1.165) is 6.07 Å². The van der Waals surface area contributed by atoms with E-state index in [1.807, 2.05) is 0 Å². The van der Waals surface area contributed by atoms with Crippen LogP contribution >= 0.6 is 0 Å². The minimum absolute atomic E-state index is 0.0151. The van der Waals surface area contributed by atoms with Crippen molar-refractivity contribution < 1.29 is 18.7 Å². The molecule has 0 bridgehead atoms. The number of anilines is 2. The smallest absolute Gasteiger partial charge is 0.340 e. The molecule has 3 rings (SSSR count). The zero-order chi connectivity index (χ0) is 17.8. The normalized spacial score (nSPS) is 10.4. The van der Waals surface area contributed by atoms with Crippen molar-refractivity contribution in [1.82, 2.24) is 19.7 Å². The summed E-state index contributed by atoms with van der Waals surface area (Å²) in [5.74, 6) is -0.434. The predicted molar refractivity (Wildman–Crippen MR) is 86.7 cm³/mol. The van der Waals surface area contributed by atoms with E-state index in [1.54, 1.807) is 35.4 Å². The number of halogens is 1. The van der Waals surface area contributed by atoms with Crippen molar-refractivity contribution in [3.05, 3.63) is 54.4 Å². The number of ether oxygens (including phenoxy) is 2. The van der Waals surface area contributed by atoms with E-state index < -0.39 is 11.8 Å². The first-order chi connectivity index (χ1) is 12.1. The summed E-state index contributed by atoms with van der Waals surface area (Å²) in [6, 6.07) is 5.78. The molecule has 3 aromatic rings. The second kappa shape index (κ2) is 6.95. The molecule has 2 aromatic heterocycles. The minimum Gasteiger partial charge on any atom is -0.494 e. The van der Waals surface area contributed by atoms with Crippen molar-refractivity contribution in [3.8, 4) is 11.6 Å². The van der Waals surface area contributed by atoms with Gasteiger partial charge in [-0.1, -0.05) is 0 Å². The summed E-state index contributed by atoms with van der Waals surface area (Å²) in [5, 5.41) is 11.0. The van der Waals surface area contributed by atoms with Gasteiger partial charge in [0.2, 0.25) is 0 Å². The van der Waals surface area contributed by atoms with Crippen LogP contribution in [0.1, 0.15) is 10.4 Å². The van der Waals surface area contributed by atoms with Gasteiger partial charge in [0.05, 0.1) is 25.5 Å². The lowest BCUT2D eigenvalue weighted by molar-refractivity contribution is 0.0601. The summed E-state index contributed by atoms with van der Waals surface area (Å²) in [7, 11) is 2.55. The topological polar surface area (TPSA) is 91.2 Å². The molecule has 1 aromatic carbocycles. The Morgan fingerprint density at radius 2 is 2.08 bits per heavy atom. The van der Waals surface area contributed by atoms with Gasteiger partial charge >= 0.3 is 5.97 Å². The number of nitrogens with one attached hydrogen (secondary N) is 1. The van der Waals surface area contributed by atoms with E-state index in [2.05, 4.69) is 25.2 Å². The third kappa shape index (κ3) is 3.39. The van der Waals surface area contributed by atoms with Crippen molar-refractivity contribution >= 4 is 17.5 Å². The number of methoxy groups -OCH3 is 2. The molecule has 0 atom stereocenters. The first kappa shape index (κ1) is 16.4. The van der Waals surface area contributed by atoms with Crippen LogP contribution in [0.4, 0.5) is 15.9 Å². The van der Waals surface area contributed by atoms with E-state index in [9.17, 15) is 9.18 Å². The van der Waals surface area contributed by atoms with Crippen LogP contribution in [0.25, 0.3) is 5.82 Å². The number of hydrogen-bond acceptors (Lipinski definition) is 7. The van der Waals surface area contributed by atoms with Crippen molar-refractivity contribution in [2.24, 2.45) is 0 Å². The third-order valence-electron chi connectivity index (χ3n) is 3.38. The number of carbonyl (C=O) groups excluding carboxylic acids is 1.